The molecule has 0 spiro atoms. The van der Waals surface area contributed by atoms with E-state index in [1.54, 1.807) is 6.20 Å². The number of hydrogen-bond donors (Lipinski definition) is 1. The van der Waals surface area contributed by atoms with E-state index in [2.05, 4.69) is 42.3 Å². The molecule has 3 nitrogen and oxygen atoms in total. The molecular weight excluding hydrogens is 236 g/mol. The van der Waals surface area contributed by atoms with Crippen LogP contribution in [0.3, 0.4) is 0 Å². The zero-order valence-corrected chi connectivity index (χ0v) is 11.5. The zero-order valence-electron chi connectivity index (χ0n) is 11.5. The van der Waals surface area contributed by atoms with Gasteiger partial charge in [0.2, 0.25) is 5.88 Å². The van der Waals surface area contributed by atoms with Gasteiger partial charge in [-0.1, -0.05) is 43.3 Å². The van der Waals surface area contributed by atoms with Gasteiger partial charge in [-0.25, -0.2) is 4.98 Å². The van der Waals surface area contributed by atoms with Crippen LogP contribution >= 0.6 is 0 Å². The van der Waals surface area contributed by atoms with E-state index in [9.17, 15) is 0 Å². The first-order valence-electron chi connectivity index (χ1n) is 6.66. The third-order valence-electron chi connectivity index (χ3n) is 3.00. The lowest BCUT2D eigenvalue weighted by Crippen LogP contribution is -2.18. The quantitative estimate of drug-likeness (QED) is 0.860. The summed E-state index contributed by atoms with van der Waals surface area (Å²) in [4.78, 5) is 4.33. The third-order valence-corrected chi connectivity index (χ3v) is 3.00. The Balaban J connectivity index is 2.07. The number of aromatic nitrogens is 1. The molecule has 0 saturated carbocycles. The first kappa shape index (κ1) is 13.6. The van der Waals surface area contributed by atoms with Crippen molar-refractivity contribution < 1.29 is 4.74 Å². The molecule has 1 atom stereocenters. The number of rotatable bonds is 6. The van der Waals surface area contributed by atoms with Crippen LogP contribution in [0.4, 0.5) is 0 Å². The SMILES string of the molecule is CCNC(C)c1cccnc1OCc1ccccc1. The molecule has 1 aromatic heterocycles. The third kappa shape index (κ3) is 3.80. The fourth-order valence-corrected chi connectivity index (χ4v) is 2.00. The highest BCUT2D eigenvalue weighted by atomic mass is 16.5. The molecule has 0 aliphatic heterocycles. The zero-order chi connectivity index (χ0) is 13.5. The summed E-state index contributed by atoms with van der Waals surface area (Å²) in [5.41, 5.74) is 2.25. The van der Waals surface area contributed by atoms with Crippen molar-refractivity contribution >= 4 is 0 Å². The van der Waals surface area contributed by atoms with Crippen LogP contribution in [0.5, 0.6) is 5.88 Å². The fourth-order valence-electron chi connectivity index (χ4n) is 2.00. The van der Waals surface area contributed by atoms with E-state index in [1.807, 2.05) is 24.3 Å². The van der Waals surface area contributed by atoms with E-state index >= 15 is 0 Å². The number of hydrogen-bond acceptors (Lipinski definition) is 3. The second-order valence-electron chi connectivity index (χ2n) is 4.45. The minimum atomic E-state index is 0.240. The summed E-state index contributed by atoms with van der Waals surface area (Å²) in [5, 5.41) is 3.38. The molecule has 0 aliphatic carbocycles. The monoisotopic (exact) mass is 256 g/mol. The number of nitrogens with zero attached hydrogens (tertiary/aromatic N) is 1. The van der Waals surface area contributed by atoms with Gasteiger partial charge >= 0.3 is 0 Å². The fraction of sp³-hybridized carbons (Fsp3) is 0.312. The van der Waals surface area contributed by atoms with Crippen LogP contribution in [0.2, 0.25) is 0 Å². The minimum Gasteiger partial charge on any atom is -0.473 e. The van der Waals surface area contributed by atoms with Crippen molar-refractivity contribution in [3.63, 3.8) is 0 Å². The van der Waals surface area contributed by atoms with Crippen molar-refractivity contribution in [3.05, 3.63) is 59.8 Å². The average molecular weight is 256 g/mol. The Morgan fingerprint density at radius 1 is 1.16 bits per heavy atom. The molecule has 2 aromatic rings. The summed E-state index contributed by atoms with van der Waals surface area (Å²) in [5.74, 6) is 0.708. The van der Waals surface area contributed by atoms with Crippen molar-refractivity contribution in [1.82, 2.24) is 10.3 Å². The van der Waals surface area contributed by atoms with E-state index in [-0.39, 0.29) is 6.04 Å². The Kier molecular flexibility index (Phi) is 4.93. The molecule has 2 rings (SSSR count). The molecule has 1 N–H and O–H groups in total. The lowest BCUT2D eigenvalue weighted by Gasteiger charge is -2.16. The second kappa shape index (κ2) is 6.90. The van der Waals surface area contributed by atoms with E-state index in [0.717, 1.165) is 17.7 Å². The number of nitrogens with one attached hydrogen (secondary N) is 1. The van der Waals surface area contributed by atoms with Crippen LogP contribution < -0.4 is 10.1 Å². The predicted octanol–water partition coefficient (Wildman–Crippen LogP) is 3.33. The van der Waals surface area contributed by atoms with E-state index < -0.39 is 0 Å². The molecule has 3 heteroatoms. The maximum atomic E-state index is 5.84. The number of benzene rings is 1. The molecule has 0 amide bonds. The van der Waals surface area contributed by atoms with Crippen molar-refractivity contribution in [1.29, 1.82) is 0 Å². The van der Waals surface area contributed by atoms with Gasteiger partial charge in [0.15, 0.2) is 0 Å². The van der Waals surface area contributed by atoms with Gasteiger partial charge in [-0.3, -0.25) is 0 Å². The van der Waals surface area contributed by atoms with Gasteiger partial charge in [0, 0.05) is 17.8 Å². The highest BCUT2D eigenvalue weighted by molar-refractivity contribution is 5.29. The van der Waals surface area contributed by atoms with E-state index in [0.29, 0.717) is 12.5 Å². The molecule has 0 fully saturated rings. The van der Waals surface area contributed by atoms with Crippen LogP contribution in [-0.2, 0) is 6.61 Å². The van der Waals surface area contributed by atoms with Gasteiger partial charge in [-0.15, -0.1) is 0 Å². The highest BCUT2D eigenvalue weighted by Gasteiger charge is 2.11. The normalized spacial score (nSPS) is 12.1. The Morgan fingerprint density at radius 3 is 2.68 bits per heavy atom. The smallest absolute Gasteiger partial charge is 0.218 e. The molecular formula is C16H20N2O. The van der Waals surface area contributed by atoms with Gasteiger partial charge in [0.25, 0.3) is 0 Å². The summed E-state index contributed by atoms with van der Waals surface area (Å²) in [6.45, 7) is 5.69. The lowest BCUT2D eigenvalue weighted by atomic mass is 10.1. The lowest BCUT2D eigenvalue weighted by molar-refractivity contribution is 0.287. The Hall–Kier alpha value is -1.87. The second-order valence-corrected chi connectivity index (χ2v) is 4.45. The summed E-state index contributed by atoms with van der Waals surface area (Å²) in [7, 11) is 0. The molecule has 0 radical (unpaired) electrons. The van der Waals surface area contributed by atoms with Crippen LogP contribution in [0.25, 0.3) is 0 Å². The Bertz CT molecular complexity index is 499. The van der Waals surface area contributed by atoms with Gasteiger partial charge < -0.3 is 10.1 Å². The largest absolute Gasteiger partial charge is 0.473 e. The van der Waals surface area contributed by atoms with Crippen LogP contribution in [0.1, 0.15) is 31.0 Å². The van der Waals surface area contributed by atoms with Crippen molar-refractivity contribution in [2.45, 2.75) is 26.5 Å². The average Bonchev–Trinajstić information content (AvgIpc) is 2.47. The Labute approximate surface area is 114 Å². The molecule has 1 aromatic carbocycles. The maximum Gasteiger partial charge on any atom is 0.218 e. The molecule has 1 unspecified atom stereocenters. The molecule has 19 heavy (non-hydrogen) atoms. The summed E-state index contributed by atoms with van der Waals surface area (Å²) >= 11 is 0. The van der Waals surface area contributed by atoms with Crippen molar-refractivity contribution in [2.24, 2.45) is 0 Å². The van der Waals surface area contributed by atoms with E-state index in [4.69, 9.17) is 4.74 Å². The van der Waals surface area contributed by atoms with Crippen molar-refractivity contribution in [2.75, 3.05) is 6.54 Å². The molecule has 0 bridgehead atoms. The molecule has 100 valence electrons. The first-order chi connectivity index (χ1) is 9.31. The topological polar surface area (TPSA) is 34.2 Å². The van der Waals surface area contributed by atoms with E-state index in [1.165, 1.54) is 0 Å². The van der Waals surface area contributed by atoms with Gasteiger partial charge in [-0.05, 0) is 25.1 Å². The number of ether oxygens (including phenoxy) is 1. The maximum absolute atomic E-state index is 5.84. The summed E-state index contributed by atoms with van der Waals surface area (Å²) < 4.78 is 5.84. The molecule has 0 aliphatic rings. The van der Waals surface area contributed by atoms with Crippen LogP contribution in [0.15, 0.2) is 48.7 Å². The predicted molar refractivity (Wildman–Crippen MR) is 77.1 cm³/mol. The number of pyridine rings is 1. The van der Waals surface area contributed by atoms with Crippen LogP contribution in [-0.4, -0.2) is 11.5 Å². The molecule has 0 saturated heterocycles. The highest BCUT2D eigenvalue weighted by Crippen LogP contribution is 2.22. The minimum absolute atomic E-state index is 0.240. The Morgan fingerprint density at radius 2 is 1.95 bits per heavy atom. The van der Waals surface area contributed by atoms with Crippen LogP contribution in [0, 0.1) is 0 Å². The summed E-state index contributed by atoms with van der Waals surface area (Å²) in [6, 6.07) is 14.4. The first-order valence-corrected chi connectivity index (χ1v) is 6.66. The molecule has 1 heterocycles. The van der Waals surface area contributed by atoms with Gasteiger partial charge in [0.05, 0.1) is 0 Å². The van der Waals surface area contributed by atoms with Gasteiger partial charge in [0.1, 0.15) is 6.61 Å². The van der Waals surface area contributed by atoms with Crippen molar-refractivity contribution in [3.8, 4) is 5.88 Å². The van der Waals surface area contributed by atoms with Gasteiger partial charge in [-0.2, -0.15) is 0 Å². The summed E-state index contributed by atoms with van der Waals surface area (Å²) in [6.07, 6.45) is 1.77. The standard InChI is InChI=1S/C16H20N2O/c1-3-17-13(2)15-10-7-11-18-16(15)19-12-14-8-5-4-6-9-14/h4-11,13,17H,3,12H2,1-2H3.